The van der Waals surface area contributed by atoms with E-state index >= 15 is 4.39 Å². The van der Waals surface area contributed by atoms with Crippen molar-refractivity contribution in [2.24, 2.45) is 5.92 Å². The number of hydrogen-bond acceptors (Lipinski definition) is 6. The average molecular weight is 456 g/mol. The summed E-state index contributed by atoms with van der Waals surface area (Å²) >= 11 is 0. The molecule has 0 saturated heterocycles. The molecular weight excluding hydrogens is 428 g/mol. The molecule has 2 aromatic rings. The number of aromatic nitrogens is 2. The quantitative estimate of drug-likeness (QED) is 0.309. The summed E-state index contributed by atoms with van der Waals surface area (Å²) in [6, 6.07) is 2.77. The van der Waals surface area contributed by atoms with E-state index < -0.39 is 23.4 Å². The number of carbonyl (C=O) groups is 1. The molecule has 0 saturated carbocycles. The minimum Gasteiger partial charge on any atom is -0.492 e. The van der Waals surface area contributed by atoms with Crippen LogP contribution in [0.3, 0.4) is 0 Å². The van der Waals surface area contributed by atoms with Crippen LogP contribution < -0.4 is 15.4 Å². The van der Waals surface area contributed by atoms with Crippen LogP contribution in [0.5, 0.6) is 5.75 Å². The van der Waals surface area contributed by atoms with Gasteiger partial charge in [0.05, 0.1) is 18.4 Å². The van der Waals surface area contributed by atoms with Gasteiger partial charge >= 0.3 is 6.18 Å². The van der Waals surface area contributed by atoms with Crippen LogP contribution in [0, 0.1) is 11.7 Å². The molecule has 0 radical (unpaired) electrons. The van der Waals surface area contributed by atoms with Gasteiger partial charge in [0.1, 0.15) is 11.4 Å². The van der Waals surface area contributed by atoms with Crippen LogP contribution in [-0.2, 0) is 6.18 Å². The van der Waals surface area contributed by atoms with E-state index in [1.807, 2.05) is 13.8 Å². The van der Waals surface area contributed by atoms with E-state index in [9.17, 15) is 18.0 Å². The first-order valence-corrected chi connectivity index (χ1v) is 10.5. The first kappa shape index (κ1) is 25.4. The van der Waals surface area contributed by atoms with Gasteiger partial charge in [-0.3, -0.25) is 4.79 Å². The van der Waals surface area contributed by atoms with Crippen molar-refractivity contribution in [3.63, 3.8) is 0 Å². The van der Waals surface area contributed by atoms with Crippen LogP contribution in [0.2, 0.25) is 0 Å². The summed E-state index contributed by atoms with van der Waals surface area (Å²) in [6.07, 6.45) is -0.932. The number of nitrogens with zero attached hydrogens (tertiary/aromatic N) is 2. The number of methoxy groups -OCH3 is 1. The molecule has 1 atom stereocenters. The number of hydrogen-bond donors (Lipinski definition) is 2. The molecule has 0 aliphatic rings. The summed E-state index contributed by atoms with van der Waals surface area (Å²) in [7, 11) is 1.24. The minimum atomic E-state index is -4.63. The number of unbranched alkanes of at least 4 members (excludes halogenated alkanes) is 1. The molecule has 1 aromatic heterocycles. The van der Waals surface area contributed by atoms with Crippen LogP contribution in [0.25, 0.3) is 0 Å². The van der Waals surface area contributed by atoms with E-state index in [1.54, 1.807) is 6.92 Å². The molecular formula is C22H28F4N4O2. The van der Waals surface area contributed by atoms with E-state index in [4.69, 9.17) is 4.74 Å². The first-order valence-electron chi connectivity index (χ1n) is 10.5. The highest BCUT2D eigenvalue weighted by Gasteiger charge is 2.35. The number of rotatable bonds is 11. The fraction of sp³-hybridized carbons (Fsp3) is 0.500. The van der Waals surface area contributed by atoms with Gasteiger partial charge in [-0.15, -0.1) is 0 Å². The SMILES string of the molecule is CCCCC(CC)C(=O)c1ccc(Nc2ncc(C(F)(F)F)c(NCC)n2)c(OC)c1F. The Morgan fingerprint density at radius 3 is 2.50 bits per heavy atom. The van der Waals surface area contributed by atoms with Crippen molar-refractivity contribution in [1.82, 2.24) is 9.97 Å². The third kappa shape index (κ3) is 5.86. The molecule has 2 rings (SSSR count). The number of nitrogens with one attached hydrogen (secondary N) is 2. The zero-order valence-electron chi connectivity index (χ0n) is 18.6. The molecule has 10 heteroatoms. The van der Waals surface area contributed by atoms with Gasteiger partial charge in [-0.05, 0) is 31.9 Å². The normalized spacial score (nSPS) is 12.4. The number of benzene rings is 1. The fourth-order valence-electron chi connectivity index (χ4n) is 3.31. The Labute approximate surface area is 184 Å². The average Bonchev–Trinajstić information content (AvgIpc) is 2.74. The number of alkyl halides is 3. The lowest BCUT2D eigenvalue weighted by Gasteiger charge is -2.17. The predicted octanol–water partition coefficient (Wildman–Crippen LogP) is 6.22. The first-order chi connectivity index (χ1) is 15.2. The van der Waals surface area contributed by atoms with E-state index in [0.717, 1.165) is 12.8 Å². The van der Waals surface area contributed by atoms with Crippen molar-refractivity contribution in [2.45, 2.75) is 52.6 Å². The molecule has 0 aliphatic carbocycles. The molecule has 176 valence electrons. The Kier molecular flexibility index (Phi) is 8.80. The molecule has 0 aliphatic heterocycles. The summed E-state index contributed by atoms with van der Waals surface area (Å²) in [5.74, 6) is -2.26. The monoisotopic (exact) mass is 456 g/mol. The van der Waals surface area contributed by atoms with Crippen LogP contribution in [-0.4, -0.2) is 29.4 Å². The number of Topliss-reactive ketones (excluding diaryl/α,β-unsaturated/α-hetero) is 1. The maximum atomic E-state index is 15.1. The van der Waals surface area contributed by atoms with Crippen molar-refractivity contribution in [1.29, 1.82) is 0 Å². The minimum absolute atomic E-state index is 0.0861. The van der Waals surface area contributed by atoms with Crippen LogP contribution in [0.15, 0.2) is 18.3 Å². The third-order valence-electron chi connectivity index (χ3n) is 5.02. The van der Waals surface area contributed by atoms with Crippen molar-refractivity contribution in [3.8, 4) is 5.75 Å². The van der Waals surface area contributed by atoms with Crippen molar-refractivity contribution in [3.05, 3.63) is 35.3 Å². The molecule has 2 N–H and O–H groups in total. The lowest BCUT2D eigenvalue weighted by atomic mass is 9.90. The topological polar surface area (TPSA) is 76.1 Å². The molecule has 0 bridgehead atoms. The Balaban J connectivity index is 2.38. The van der Waals surface area contributed by atoms with Crippen molar-refractivity contribution >= 4 is 23.2 Å². The zero-order valence-corrected chi connectivity index (χ0v) is 18.6. The summed E-state index contributed by atoms with van der Waals surface area (Å²) in [4.78, 5) is 20.4. The highest BCUT2D eigenvalue weighted by molar-refractivity contribution is 5.99. The summed E-state index contributed by atoms with van der Waals surface area (Å²) in [5, 5.41) is 5.23. The Morgan fingerprint density at radius 1 is 1.22 bits per heavy atom. The molecule has 32 heavy (non-hydrogen) atoms. The largest absolute Gasteiger partial charge is 0.492 e. The number of ketones is 1. The highest BCUT2D eigenvalue weighted by atomic mass is 19.4. The van der Waals surface area contributed by atoms with Crippen molar-refractivity contribution < 1.29 is 27.1 Å². The zero-order chi connectivity index (χ0) is 23.9. The summed E-state index contributed by atoms with van der Waals surface area (Å²) in [5.41, 5.74) is -1.01. The summed E-state index contributed by atoms with van der Waals surface area (Å²) in [6.45, 7) is 5.75. The van der Waals surface area contributed by atoms with Gasteiger partial charge in [0.15, 0.2) is 17.3 Å². The Hall–Kier alpha value is -2.91. The second-order valence-electron chi connectivity index (χ2n) is 7.23. The second-order valence-corrected chi connectivity index (χ2v) is 7.23. The smallest absolute Gasteiger partial charge is 0.421 e. The van der Waals surface area contributed by atoms with Crippen molar-refractivity contribution in [2.75, 3.05) is 24.3 Å². The highest BCUT2D eigenvalue weighted by Crippen LogP contribution is 2.36. The second kappa shape index (κ2) is 11.1. The molecule has 1 aromatic carbocycles. The number of ether oxygens (including phenoxy) is 1. The van der Waals surface area contributed by atoms with Gasteiger partial charge in [0, 0.05) is 18.7 Å². The number of anilines is 3. The Bertz CT molecular complexity index is 935. The van der Waals surface area contributed by atoms with Crippen LogP contribution >= 0.6 is 0 Å². The lowest BCUT2D eigenvalue weighted by Crippen LogP contribution is -2.17. The molecule has 1 unspecified atom stereocenters. The predicted molar refractivity (Wildman–Crippen MR) is 115 cm³/mol. The van der Waals surface area contributed by atoms with E-state index in [2.05, 4.69) is 20.6 Å². The lowest BCUT2D eigenvalue weighted by molar-refractivity contribution is -0.137. The number of carbonyl (C=O) groups excluding carboxylic acids is 1. The fourth-order valence-corrected chi connectivity index (χ4v) is 3.31. The molecule has 6 nitrogen and oxygen atoms in total. The van der Waals surface area contributed by atoms with Gasteiger partial charge < -0.3 is 15.4 Å². The molecule has 0 amide bonds. The Morgan fingerprint density at radius 2 is 1.94 bits per heavy atom. The molecule has 0 fully saturated rings. The molecule has 0 spiro atoms. The van der Waals surface area contributed by atoms with Gasteiger partial charge in [0.2, 0.25) is 5.95 Å². The van der Waals surface area contributed by atoms with E-state index in [-0.39, 0.29) is 41.2 Å². The van der Waals surface area contributed by atoms with Gasteiger partial charge in [-0.1, -0.05) is 26.7 Å². The summed E-state index contributed by atoms with van der Waals surface area (Å²) < 4.78 is 59.7. The standard InChI is InChI=1S/C22H28F4N4O2/c1-5-8-9-13(6-2)18(31)14-10-11-16(19(32-4)17(14)23)29-21-28-12-15(22(24,25)26)20(30-21)27-7-3/h10-13H,5-9H2,1-4H3,(H2,27,28,29,30). The van der Waals surface area contributed by atoms with Gasteiger partial charge in [-0.25, -0.2) is 9.37 Å². The van der Waals surface area contributed by atoms with Crippen LogP contribution in [0.4, 0.5) is 35.0 Å². The maximum Gasteiger partial charge on any atom is 0.421 e. The van der Waals surface area contributed by atoms with E-state index in [0.29, 0.717) is 19.0 Å². The van der Waals surface area contributed by atoms with Gasteiger partial charge in [0.25, 0.3) is 0 Å². The maximum absolute atomic E-state index is 15.1. The third-order valence-corrected chi connectivity index (χ3v) is 5.02. The number of halogens is 4. The molecule has 1 heterocycles. The van der Waals surface area contributed by atoms with Gasteiger partial charge in [-0.2, -0.15) is 18.2 Å². The van der Waals surface area contributed by atoms with Crippen LogP contribution in [0.1, 0.15) is 62.4 Å². The van der Waals surface area contributed by atoms with E-state index in [1.165, 1.54) is 19.2 Å².